The van der Waals surface area contributed by atoms with E-state index in [9.17, 15) is 28.0 Å². The monoisotopic (exact) mass is 792 g/mol. The van der Waals surface area contributed by atoms with E-state index >= 15 is 4.39 Å². The molecular formula is C43H39F3N6O6. The first-order valence-electron chi connectivity index (χ1n) is 18.9. The predicted octanol–water partition coefficient (Wildman–Crippen LogP) is 5.38. The Hall–Kier alpha value is -6.35. The smallest absolute Gasteiger partial charge is 0.335 e. The van der Waals surface area contributed by atoms with Crippen LogP contribution in [0, 0.1) is 12.7 Å². The highest BCUT2D eigenvalue weighted by Crippen LogP contribution is 2.33. The molecule has 3 aromatic carbocycles. The van der Waals surface area contributed by atoms with Crippen LogP contribution in [0.25, 0.3) is 27.5 Å². The molecule has 2 aliphatic rings. The molecule has 1 unspecified atom stereocenters. The lowest BCUT2D eigenvalue weighted by Crippen LogP contribution is -2.54. The lowest BCUT2D eigenvalue weighted by atomic mass is 9.98. The molecule has 0 radical (unpaired) electrons. The number of aryl methyl sites for hydroxylation is 4. The van der Waals surface area contributed by atoms with Crippen LogP contribution in [-0.2, 0) is 35.8 Å². The number of nitrogens with one attached hydrogen (secondary N) is 1. The second kappa shape index (κ2) is 15.2. The number of hydrogen-bond acceptors (Lipinski definition) is 9. The van der Waals surface area contributed by atoms with Gasteiger partial charge in [0.25, 0.3) is 17.4 Å². The van der Waals surface area contributed by atoms with Gasteiger partial charge in [-0.25, -0.2) is 27.3 Å². The van der Waals surface area contributed by atoms with Gasteiger partial charge < -0.3 is 19.7 Å². The van der Waals surface area contributed by atoms with E-state index in [2.05, 4.69) is 15.3 Å². The Kier molecular flexibility index (Phi) is 10.1. The largest absolute Gasteiger partial charge is 0.425 e. The van der Waals surface area contributed by atoms with Gasteiger partial charge in [-0.05, 0) is 90.9 Å². The number of esters is 1. The van der Waals surface area contributed by atoms with Crippen molar-refractivity contribution in [2.75, 3.05) is 24.7 Å². The third-order valence-corrected chi connectivity index (χ3v) is 11.0. The Bertz CT molecular complexity index is 2720. The molecule has 1 aliphatic heterocycles. The summed E-state index contributed by atoms with van der Waals surface area (Å²) in [5.41, 5.74) is 2.35. The summed E-state index contributed by atoms with van der Waals surface area (Å²) in [5.74, 6) is -5.56. The van der Waals surface area contributed by atoms with Crippen molar-refractivity contribution < 1.29 is 32.2 Å². The number of carbonyl (C=O) groups is 2. The van der Waals surface area contributed by atoms with E-state index in [0.717, 1.165) is 42.4 Å². The van der Waals surface area contributed by atoms with E-state index in [1.807, 2.05) is 6.07 Å². The van der Waals surface area contributed by atoms with E-state index < -0.39 is 46.9 Å². The van der Waals surface area contributed by atoms with Crippen LogP contribution in [0.1, 0.15) is 46.0 Å². The fourth-order valence-corrected chi connectivity index (χ4v) is 8.04. The van der Waals surface area contributed by atoms with Crippen molar-refractivity contribution in [2.24, 2.45) is 7.05 Å². The number of ether oxygens (including phenoxy) is 2. The molecule has 0 saturated carbocycles. The predicted molar refractivity (Wildman–Crippen MR) is 211 cm³/mol. The summed E-state index contributed by atoms with van der Waals surface area (Å²) >= 11 is 0. The number of pyridine rings is 2. The van der Waals surface area contributed by atoms with Crippen LogP contribution in [0.4, 0.5) is 18.9 Å². The molecule has 3 aromatic heterocycles. The molecule has 15 heteroatoms. The molecule has 6 aromatic rings. The van der Waals surface area contributed by atoms with Crippen molar-refractivity contribution in [2.45, 2.75) is 57.5 Å². The zero-order valence-corrected chi connectivity index (χ0v) is 31.9. The number of morpholine rings is 1. The Balaban J connectivity index is 1.16. The molecule has 0 spiro atoms. The first kappa shape index (κ1) is 38.5. The number of halogens is 3. The summed E-state index contributed by atoms with van der Waals surface area (Å²) in [6.45, 7) is 2.28. The van der Waals surface area contributed by atoms with Gasteiger partial charge in [0.15, 0.2) is 0 Å². The number of aromatic nitrogens is 4. The van der Waals surface area contributed by atoms with Crippen molar-refractivity contribution in [1.29, 1.82) is 0 Å². The summed E-state index contributed by atoms with van der Waals surface area (Å²) in [7, 11) is 1.53. The van der Waals surface area contributed by atoms with Crippen molar-refractivity contribution >= 4 is 39.4 Å². The SMILES string of the molecule is Cc1cc(N2CCOC[C@@H]2C(C)(F)F)cc(F)c1C(=O)NC(Cc1ccc(-n2c(=O)c3ccncc3n(C)c2=O)c2ncccc12)C(=O)Oc1ccc2c(c1)CCC2. The highest BCUT2D eigenvalue weighted by molar-refractivity contribution is 5.99. The third-order valence-electron chi connectivity index (χ3n) is 11.0. The molecule has 8 rings (SSSR count). The zero-order valence-electron chi connectivity index (χ0n) is 31.9. The second-order valence-corrected chi connectivity index (χ2v) is 14.8. The average molecular weight is 793 g/mol. The molecule has 2 atom stereocenters. The van der Waals surface area contributed by atoms with Crippen molar-refractivity contribution in [1.82, 2.24) is 24.4 Å². The van der Waals surface area contributed by atoms with Gasteiger partial charge in [-0.3, -0.25) is 24.1 Å². The minimum atomic E-state index is -3.15. The van der Waals surface area contributed by atoms with Crippen LogP contribution >= 0.6 is 0 Å². The zero-order chi connectivity index (χ0) is 40.9. The quantitative estimate of drug-likeness (QED) is 0.151. The van der Waals surface area contributed by atoms with Crippen LogP contribution in [0.3, 0.4) is 0 Å². The maximum Gasteiger partial charge on any atom is 0.335 e. The average Bonchev–Trinajstić information content (AvgIpc) is 3.68. The van der Waals surface area contributed by atoms with Gasteiger partial charge in [0.1, 0.15) is 23.7 Å². The molecule has 298 valence electrons. The van der Waals surface area contributed by atoms with Gasteiger partial charge in [-0.15, -0.1) is 0 Å². The van der Waals surface area contributed by atoms with Gasteiger partial charge in [-0.1, -0.05) is 18.2 Å². The normalized spacial score (nSPS) is 16.0. The van der Waals surface area contributed by atoms with Gasteiger partial charge in [-0.2, -0.15) is 0 Å². The minimum Gasteiger partial charge on any atom is -0.425 e. The molecule has 1 fully saturated rings. The highest BCUT2D eigenvalue weighted by atomic mass is 19.3. The summed E-state index contributed by atoms with van der Waals surface area (Å²) in [6, 6.07) is 13.3. The summed E-state index contributed by atoms with van der Waals surface area (Å²) in [5, 5.41) is 3.43. The Morgan fingerprint density at radius 3 is 2.64 bits per heavy atom. The molecule has 58 heavy (non-hydrogen) atoms. The van der Waals surface area contributed by atoms with Crippen LogP contribution < -0.4 is 26.2 Å². The lowest BCUT2D eigenvalue weighted by molar-refractivity contribution is -0.136. The molecule has 1 N–H and O–H groups in total. The maximum atomic E-state index is 16.0. The first-order valence-corrected chi connectivity index (χ1v) is 18.9. The Labute approximate surface area is 329 Å². The van der Waals surface area contributed by atoms with E-state index in [-0.39, 0.29) is 65.3 Å². The maximum absolute atomic E-state index is 16.0. The molecule has 1 saturated heterocycles. The van der Waals surface area contributed by atoms with Gasteiger partial charge >= 0.3 is 11.7 Å². The lowest BCUT2D eigenvalue weighted by Gasteiger charge is -2.40. The number of nitrogens with zero attached hydrogens (tertiary/aromatic N) is 5. The van der Waals surface area contributed by atoms with Gasteiger partial charge in [0.05, 0.1) is 47.1 Å². The highest BCUT2D eigenvalue weighted by Gasteiger charge is 2.41. The number of anilines is 1. The fourth-order valence-electron chi connectivity index (χ4n) is 8.04. The Morgan fingerprint density at radius 1 is 1.03 bits per heavy atom. The van der Waals surface area contributed by atoms with E-state index in [1.165, 1.54) is 59.7 Å². The molecule has 12 nitrogen and oxygen atoms in total. The van der Waals surface area contributed by atoms with E-state index in [4.69, 9.17) is 9.47 Å². The molecule has 4 heterocycles. The summed E-state index contributed by atoms with van der Waals surface area (Å²) in [6.07, 6.45) is 6.98. The van der Waals surface area contributed by atoms with Crippen LogP contribution in [0.2, 0.25) is 0 Å². The molecule has 1 aliphatic carbocycles. The number of benzene rings is 3. The number of alkyl halides is 2. The van der Waals surface area contributed by atoms with Crippen molar-refractivity contribution in [3.05, 3.63) is 134 Å². The number of amides is 1. The van der Waals surface area contributed by atoms with Crippen molar-refractivity contribution in [3.8, 4) is 11.4 Å². The number of rotatable bonds is 9. The Morgan fingerprint density at radius 2 is 1.84 bits per heavy atom. The van der Waals surface area contributed by atoms with Crippen LogP contribution in [0.15, 0.2) is 88.8 Å². The first-order chi connectivity index (χ1) is 27.8. The number of fused-ring (bicyclic) bond motifs is 3. The van der Waals surface area contributed by atoms with Gasteiger partial charge in [0, 0.05) is 50.4 Å². The second-order valence-electron chi connectivity index (χ2n) is 14.8. The number of hydrogen-bond donors (Lipinski definition) is 1. The third kappa shape index (κ3) is 7.10. The van der Waals surface area contributed by atoms with Crippen molar-refractivity contribution in [3.63, 3.8) is 0 Å². The minimum absolute atomic E-state index is 0.0955. The van der Waals surface area contributed by atoms with Gasteiger partial charge in [0.2, 0.25) is 0 Å². The summed E-state index contributed by atoms with van der Waals surface area (Å²) in [4.78, 5) is 65.4. The molecule has 0 bridgehead atoms. The fraction of sp³-hybridized carbons (Fsp3) is 0.302. The molecule has 1 amide bonds. The number of carbonyl (C=O) groups excluding carboxylic acids is 2. The topological polar surface area (TPSA) is 138 Å². The van der Waals surface area contributed by atoms with Crippen LogP contribution in [-0.4, -0.2) is 68.7 Å². The van der Waals surface area contributed by atoms with E-state index in [0.29, 0.717) is 16.5 Å². The summed E-state index contributed by atoms with van der Waals surface area (Å²) < 4.78 is 58.6. The standard InChI is InChI=1S/C43H39F3N6O6/c1-24-18-28(51-16-17-57-23-36(51)43(2,45)46)21-32(44)37(24)39(53)49-33(41(55)58-29-11-9-25-6-4-7-26(25)19-29)20-27-10-12-34(38-30(27)8-5-14-48-38)52-40(54)31-13-15-47-22-35(31)50(3)42(52)56/h5,8-15,18-19,21-22,33,36H,4,6-7,16-17,20,23H2,1-3H3,(H,49,53)/t33?,36-/m1/s1. The molecular weight excluding hydrogens is 754 g/mol. The van der Waals surface area contributed by atoms with E-state index in [1.54, 1.807) is 36.4 Å². The van der Waals surface area contributed by atoms with Crippen LogP contribution in [0.5, 0.6) is 5.75 Å².